The van der Waals surface area contributed by atoms with E-state index in [9.17, 15) is 14.4 Å². The summed E-state index contributed by atoms with van der Waals surface area (Å²) >= 11 is 1.43. The summed E-state index contributed by atoms with van der Waals surface area (Å²) in [5.74, 6) is -0.742. The molecule has 0 fully saturated rings. The maximum absolute atomic E-state index is 12.0. The van der Waals surface area contributed by atoms with E-state index in [1.807, 2.05) is 11.4 Å². The van der Waals surface area contributed by atoms with Gasteiger partial charge in [0.2, 0.25) is 6.10 Å². The molecule has 1 aromatic carbocycles. The molecule has 0 radical (unpaired) electrons. The first-order chi connectivity index (χ1) is 12.6. The number of fused-ring (bicyclic) bond motifs is 1. The zero-order chi connectivity index (χ0) is 18.4. The van der Waals surface area contributed by atoms with Gasteiger partial charge in [-0.1, -0.05) is 18.2 Å². The van der Waals surface area contributed by atoms with Gasteiger partial charge in [-0.3, -0.25) is 25.2 Å². The average molecular weight is 376 g/mol. The molecule has 0 saturated heterocycles. The lowest BCUT2D eigenvalue weighted by molar-refractivity contribution is -0.148. The molecule has 2 amide bonds. The fourth-order valence-corrected chi connectivity index (χ4v) is 2.84. The molecule has 2 aromatic rings. The zero-order valence-corrected chi connectivity index (χ0v) is 14.4. The fourth-order valence-electron chi connectivity index (χ4n) is 2.15. The molecule has 1 aromatic heterocycles. The second kappa shape index (κ2) is 8.34. The number of nitrogens with one attached hydrogen (secondary N) is 2. The summed E-state index contributed by atoms with van der Waals surface area (Å²) in [6, 6.07) is 10.6. The summed E-state index contributed by atoms with van der Waals surface area (Å²) in [6.07, 6.45) is -0.796. The van der Waals surface area contributed by atoms with Crippen molar-refractivity contribution in [2.45, 2.75) is 12.5 Å². The van der Waals surface area contributed by atoms with Crippen molar-refractivity contribution in [3.8, 4) is 11.5 Å². The van der Waals surface area contributed by atoms with E-state index in [0.717, 1.165) is 4.88 Å². The van der Waals surface area contributed by atoms with Crippen molar-refractivity contribution in [1.82, 2.24) is 10.9 Å². The SMILES string of the molecule is O=C(COC(=O)Cc1cccs1)NNC(=O)[C@H]1COc2ccccc2O1. The van der Waals surface area contributed by atoms with Crippen LogP contribution in [0.5, 0.6) is 11.5 Å². The molecular formula is C17H16N2O6S. The first-order valence-corrected chi connectivity index (χ1v) is 8.65. The standard InChI is InChI=1S/C17H16N2O6S/c20-15(10-24-16(21)8-11-4-3-7-26-11)18-19-17(22)14-9-23-12-5-1-2-6-13(12)25-14/h1-7,14H,8-10H2,(H,18,20)(H,19,22)/t14-/m1/s1. The third-order valence-corrected chi connectivity index (χ3v) is 4.27. The Morgan fingerprint density at radius 1 is 1.12 bits per heavy atom. The van der Waals surface area contributed by atoms with Gasteiger partial charge >= 0.3 is 5.97 Å². The highest BCUT2D eigenvalue weighted by molar-refractivity contribution is 7.10. The summed E-state index contributed by atoms with van der Waals surface area (Å²) in [5, 5.41) is 1.85. The van der Waals surface area contributed by atoms with Crippen molar-refractivity contribution in [2.75, 3.05) is 13.2 Å². The van der Waals surface area contributed by atoms with Crippen LogP contribution in [0, 0.1) is 0 Å². The third-order valence-electron chi connectivity index (χ3n) is 3.39. The van der Waals surface area contributed by atoms with E-state index >= 15 is 0 Å². The molecule has 1 aliphatic heterocycles. The van der Waals surface area contributed by atoms with Gasteiger partial charge in [-0.25, -0.2) is 0 Å². The van der Waals surface area contributed by atoms with Gasteiger partial charge in [-0.05, 0) is 23.6 Å². The van der Waals surface area contributed by atoms with E-state index in [1.54, 1.807) is 30.3 Å². The largest absolute Gasteiger partial charge is 0.485 e. The van der Waals surface area contributed by atoms with Crippen LogP contribution >= 0.6 is 11.3 Å². The molecular weight excluding hydrogens is 360 g/mol. The number of ether oxygens (including phenoxy) is 3. The Balaban J connectivity index is 1.38. The summed E-state index contributed by atoms with van der Waals surface area (Å²) in [4.78, 5) is 36.1. The van der Waals surface area contributed by atoms with Crippen LogP contribution in [-0.2, 0) is 25.5 Å². The van der Waals surface area contributed by atoms with Crippen LogP contribution in [0.2, 0.25) is 0 Å². The molecule has 0 bridgehead atoms. The molecule has 1 atom stereocenters. The molecule has 2 heterocycles. The number of carbonyl (C=O) groups is 3. The number of hydrazine groups is 1. The van der Waals surface area contributed by atoms with E-state index < -0.39 is 30.5 Å². The van der Waals surface area contributed by atoms with E-state index in [1.165, 1.54) is 11.3 Å². The van der Waals surface area contributed by atoms with Gasteiger partial charge < -0.3 is 14.2 Å². The van der Waals surface area contributed by atoms with E-state index in [0.29, 0.717) is 11.5 Å². The number of thiophene rings is 1. The van der Waals surface area contributed by atoms with Crippen molar-refractivity contribution in [2.24, 2.45) is 0 Å². The van der Waals surface area contributed by atoms with Crippen LogP contribution in [0.15, 0.2) is 41.8 Å². The van der Waals surface area contributed by atoms with Crippen molar-refractivity contribution >= 4 is 29.1 Å². The summed E-state index contributed by atoms with van der Waals surface area (Å²) in [6.45, 7) is -0.468. The van der Waals surface area contributed by atoms with Gasteiger partial charge in [0.25, 0.3) is 11.8 Å². The van der Waals surface area contributed by atoms with Crippen molar-refractivity contribution in [1.29, 1.82) is 0 Å². The predicted octanol–water partition coefficient (Wildman–Crippen LogP) is 0.821. The Hall–Kier alpha value is -3.07. The fraction of sp³-hybridized carbons (Fsp3) is 0.235. The van der Waals surface area contributed by atoms with Crippen LogP contribution in [0.25, 0.3) is 0 Å². The molecule has 3 rings (SSSR count). The molecule has 136 valence electrons. The number of esters is 1. The highest BCUT2D eigenvalue weighted by Crippen LogP contribution is 2.30. The normalized spacial score (nSPS) is 15.0. The minimum absolute atomic E-state index is 0.0223. The van der Waals surface area contributed by atoms with Gasteiger partial charge in [0, 0.05) is 4.88 Å². The molecule has 0 unspecified atom stereocenters. The molecule has 9 heteroatoms. The lowest BCUT2D eigenvalue weighted by Gasteiger charge is -2.25. The quantitative estimate of drug-likeness (QED) is 0.592. The highest BCUT2D eigenvalue weighted by Gasteiger charge is 2.27. The molecule has 8 nitrogen and oxygen atoms in total. The molecule has 0 saturated carbocycles. The van der Waals surface area contributed by atoms with Crippen LogP contribution < -0.4 is 20.3 Å². The number of benzene rings is 1. The maximum atomic E-state index is 12.0. The van der Waals surface area contributed by atoms with Crippen LogP contribution in [0.1, 0.15) is 4.88 Å². The smallest absolute Gasteiger partial charge is 0.311 e. The lowest BCUT2D eigenvalue weighted by atomic mass is 10.2. The molecule has 26 heavy (non-hydrogen) atoms. The Bertz CT molecular complexity index is 792. The van der Waals surface area contributed by atoms with Crippen LogP contribution in [0.4, 0.5) is 0 Å². The average Bonchev–Trinajstić information content (AvgIpc) is 3.17. The molecule has 2 N–H and O–H groups in total. The van der Waals surface area contributed by atoms with Gasteiger partial charge in [-0.2, -0.15) is 0 Å². The van der Waals surface area contributed by atoms with Gasteiger partial charge in [0.1, 0.15) is 6.61 Å². The number of hydrogen-bond donors (Lipinski definition) is 2. The van der Waals surface area contributed by atoms with Gasteiger partial charge in [0.15, 0.2) is 18.1 Å². The number of carbonyl (C=O) groups excluding carboxylic acids is 3. The summed E-state index contributed by atoms with van der Waals surface area (Å²) < 4.78 is 15.8. The first kappa shape index (κ1) is 17.7. The minimum Gasteiger partial charge on any atom is -0.485 e. The Morgan fingerprint density at radius 3 is 2.69 bits per heavy atom. The number of rotatable bonds is 5. The van der Waals surface area contributed by atoms with Crippen LogP contribution in [0.3, 0.4) is 0 Å². The minimum atomic E-state index is -0.897. The van der Waals surface area contributed by atoms with E-state index in [-0.39, 0.29) is 13.0 Å². The first-order valence-electron chi connectivity index (χ1n) is 7.77. The highest BCUT2D eigenvalue weighted by atomic mass is 32.1. The molecule has 0 aliphatic carbocycles. The Labute approximate surface area is 153 Å². The lowest BCUT2D eigenvalue weighted by Crippen LogP contribution is -2.51. The summed E-state index contributed by atoms with van der Waals surface area (Å²) in [5.41, 5.74) is 4.39. The van der Waals surface area contributed by atoms with Crippen molar-refractivity contribution in [3.05, 3.63) is 46.7 Å². The monoisotopic (exact) mass is 376 g/mol. The van der Waals surface area contributed by atoms with Crippen molar-refractivity contribution < 1.29 is 28.6 Å². The third kappa shape index (κ3) is 4.73. The zero-order valence-electron chi connectivity index (χ0n) is 13.6. The second-order valence-corrected chi connectivity index (χ2v) is 6.35. The second-order valence-electron chi connectivity index (χ2n) is 5.32. The van der Waals surface area contributed by atoms with Crippen LogP contribution in [-0.4, -0.2) is 37.1 Å². The Kier molecular flexibility index (Phi) is 5.69. The van der Waals surface area contributed by atoms with Gasteiger partial charge in [-0.15, -0.1) is 11.3 Å². The predicted molar refractivity (Wildman–Crippen MR) is 91.6 cm³/mol. The molecule has 1 aliphatic rings. The van der Waals surface area contributed by atoms with Crippen molar-refractivity contribution in [3.63, 3.8) is 0 Å². The van der Waals surface area contributed by atoms with E-state index in [2.05, 4.69) is 10.9 Å². The maximum Gasteiger partial charge on any atom is 0.311 e. The van der Waals surface area contributed by atoms with E-state index in [4.69, 9.17) is 14.2 Å². The molecule has 0 spiro atoms. The topological polar surface area (TPSA) is 103 Å². The number of para-hydroxylation sites is 2. The number of hydrogen-bond acceptors (Lipinski definition) is 7. The number of amides is 2. The Morgan fingerprint density at radius 2 is 1.92 bits per heavy atom. The summed E-state index contributed by atoms with van der Waals surface area (Å²) in [7, 11) is 0. The van der Waals surface area contributed by atoms with Gasteiger partial charge in [0.05, 0.1) is 6.42 Å².